The van der Waals surface area contributed by atoms with Crippen LogP contribution in [0.5, 0.6) is 0 Å². The molecule has 100 valence electrons. The zero-order chi connectivity index (χ0) is 13.3. The second-order valence-electron chi connectivity index (χ2n) is 4.62. The van der Waals surface area contributed by atoms with Gasteiger partial charge >= 0.3 is 0 Å². The van der Waals surface area contributed by atoms with Gasteiger partial charge in [0.2, 0.25) is 5.91 Å². The lowest BCUT2D eigenvalue weighted by Crippen LogP contribution is -2.31. The van der Waals surface area contributed by atoms with Gasteiger partial charge < -0.3 is 9.84 Å². The molecule has 1 unspecified atom stereocenters. The molecular weight excluding hydrogens is 256 g/mol. The first-order valence-corrected chi connectivity index (χ1v) is 7.61. The fourth-order valence-electron chi connectivity index (χ4n) is 2.08. The highest BCUT2D eigenvalue weighted by Gasteiger charge is 2.32. The molecule has 0 aliphatic carbocycles. The van der Waals surface area contributed by atoms with Crippen molar-refractivity contribution in [3.8, 4) is 0 Å². The number of rotatable bonds is 3. The van der Waals surface area contributed by atoms with Gasteiger partial charge in [0, 0.05) is 12.1 Å². The van der Waals surface area contributed by atoms with E-state index in [1.54, 1.807) is 13.8 Å². The molecule has 1 aliphatic rings. The highest BCUT2D eigenvalue weighted by Crippen LogP contribution is 2.19. The van der Waals surface area contributed by atoms with Crippen molar-refractivity contribution < 1.29 is 17.7 Å². The van der Waals surface area contributed by atoms with Crippen LogP contribution in [0.3, 0.4) is 0 Å². The standard InChI is InChI=1S/C11H16N2O4S/c1-7-10(8(2)17-13-7)5-12-11(14)9-3-4-18(15,16)6-9/h9H,3-6H2,1-2H3,(H,12,14). The molecule has 1 N–H and O–H groups in total. The van der Waals surface area contributed by atoms with Gasteiger partial charge in [-0.05, 0) is 20.3 Å². The predicted octanol–water partition coefficient (Wildman–Crippen LogP) is 0.342. The smallest absolute Gasteiger partial charge is 0.224 e. The molecule has 1 aromatic heterocycles. The lowest BCUT2D eigenvalue weighted by Gasteiger charge is -2.08. The third-order valence-electron chi connectivity index (χ3n) is 3.22. The summed E-state index contributed by atoms with van der Waals surface area (Å²) < 4.78 is 27.6. The van der Waals surface area contributed by atoms with Crippen LogP contribution in [-0.2, 0) is 21.2 Å². The first-order chi connectivity index (χ1) is 8.39. The van der Waals surface area contributed by atoms with E-state index in [1.807, 2.05) is 0 Å². The van der Waals surface area contributed by atoms with Crippen molar-refractivity contribution in [3.63, 3.8) is 0 Å². The zero-order valence-electron chi connectivity index (χ0n) is 10.4. The summed E-state index contributed by atoms with van der Waals surface area (Å²) in [6.07, 6.45) is 0.412. The maximum Gasteiger partial charge on any atom is 0.224 e. The van der Waals surface area contributed by atoms with Gasteiger partial charge in [0.15, 0.2) is 9.84 Å². The number of aromatic nitrogens is 1. The van der Waals surface area contributed by atoms with Crippen molar-refractivity contribution in [2.75, 3.05) is 11.5 Å². The first kappa shape index (κ1) is 13.1. The molecule has 1 aromatic rings. The summed E-state index contributed by atoms with van der Waals surface area (Å²) in [6.45, 7) is 3.91. The molecule has 0 spiro atoms. The SMILES string of the molecule is Cc1noc(C)c1CNC(=O)C1CCS(=O)(=O)C1. The Morgan fingerprint density at radius 2 is 2.22 bits per heavy atom. The molecule has 0 radical (unpaired) electrons. The summed E-state index contributed by atoms with van der Waals surface area (Å²) in [6, 6.07) is 0. The lowest BCUT2D eigenvalue weighted by molar-refractivity contribution is -0.124. The van der Waals surface area contributed by atoms with E-state index in [9.17, 15) is 13.2 Å². The van der Waals surface area contributed by atoms with E-state index >= 15 is 0 Å². The lowest BCUT2D eigenvalue weighted by atomic mass is 10.1. The Morgan fingerprint density at radius 1 is 1.50 bits per heavy atom. The van der Waals surface area contributed by atoms with Crippen LogP contribution in [-0.4, -0.2) is 31.0 Å². The Kier molecular flexibility index (Phi) is 3.43. The molecule has 1 fully saturated rings. The molecule has 0 aromatic carbocycles. The average Bonchev–Trinajstić information content (AvgIpc) is 2.80. The van der Waals surface area contributed by atoms with Crippen LogP contribution in [0.4, 0.5) is 0 Å². The quantitative estimate of drug-likeness (QED) is 0.857. The van der Waals surface area contributed by atoms with Gasteiger partial charge in [-0.25, -0.2) is 8.42 Å². The molecule has 0 saturated carbocycles. The van der Waals surface area contributed by atoms with Gasteiger partial charge in [0.1, 0.15) is 5.76 Å². The van der Waals surface area contributed by atoms with Crippen molar-refractivity contribution in [1.82, 2.24) is 10.5 Å². The van der Waals surface area contributed by atoms with Crippen molar-refractivity contribution in [2.24, 2.45) is 5.92 Å². The number of hydrogen-bond acceptors (Lipinski definition) is 5. The van der Waals surface area contributed by atoms with E-state index < -0.39 is 15.8 Å². The Morgan fingerprint density at radius 3 is 2.72 bits per heavy atom. The minimum absolute atomic E-state index is 0.0412. The Hall–Kier alpha value is -1.37. The van der Waals surface area contributed by atoms with Crippen LogP contribution >= 0.6 is 0 Å². The van der Waals surface area contributed by atoms with Crippen LogP contribution in [0, 0.1) is 19.8 Å². The molecule has 1 aliphatic heterocycles. The van der Waals surface area contributed by atoms with Crippen molar-refractivity contribution in [1.29, 1.82) is 0 Å². The van der Waals surface area contributed by atoms with Crippen LogP contribution < -0.4 is 5.32 Å². The van der Waals surface area contributed by atoms with Gasteiger partial charge in [0.25, 0.3) is 0 Å². The van der Waals surface area contributed by atoms with E-state index in [0.717, 1.165) is 11.3 Å². The maximum atomic E-state index is 11.8. The molecule has 1 saturated heterocycles. The highest BCUT2D eigenvalue weighted by molar-refractivity contribution is 7.91. The first-order valence-electron chi connectivity index (χ1n) is 5.79. The minimum Gasteiger partial charge on any atom is -0.361 e. The summed E-state index contributed by atoms with van der Waals surface area (Å²) >= 11 is 0. The third-order valence-corrected chi connectivity index (χ3v) is 4.99. The van der Waals surface area contributed by atoms with Gasteiger partial charge in [-0.2, -0.15) is 0 Å². The summed E-state index contributed by atoms with van der Waals surface area (Å²) in [7, 11) is -3.02. The number of nitrogens with one attached hydrogen (secondary N) is 1. The summed E-state index contributed by atoms with van der Waals surface area (Å²) in [4.78, 5) is 11.8. The van der Waals surface area contributed by atoms with Gasteiger partial charge in [-0.3, -0.25) is 4.79 Å². The van der Waals surface area contributed by atoms with Crippen LogP contribution in [0.1, 0.15) is 23.4 Å². The molecule has 1 atom stereocenters. The van der Waals surface area contributed by atoms with E-state index in [-0.39, 0.29) is 17.4 Å². The number of hydrogen-bond donors (Lipinski definition) is 1. The number of aryl methyl sites for hydroxylation is 2. The second kappa shape index (κ2) is 4.72. The predicted molar refractivity (Wildman–Crippen MR) is 64.6 cm³/mol. The fourth-order valence-corrected chi connectivity index (χ4v) is 3.82. The van der Waals surface area contributed by atoms with Gasteiger partial charge in [0.05, 0.1) is 23.1 Å². The summed E-state index contributed by atoms with van der Waals surface area (Å²) in [5.74, 6) is 0.106. The van der Waals surface area contributed by atoms with Gasteiger partial charge in [-0.15, -0.1) is 0 Å². The number of sulfone groups is 1. The molecule has 6 nitrogen and oxygen atoms in total. The molecule has 2 rings (SSSR count). The fraction of sp³-hybridized carbons (Fsp3) is 0.636. The average molecular weight is 272 g/mol. The number of amides is 1. The van der Waals surface area contributed by atoms with E-state index in [2.05, 4.69) is 10.5 Å². The van der Waals surface area contributed by atoms with Crippen molar-refractivity contribution >= 4 is 15.7 Å². The Balaban J connectivity index is 1.94. The Labute approximate surface area is 106 Å². The van der Waals surface area contributed by atoms with Gasteiger partial charge in [-0.1, -0.05) is 5.16 Å². The molecule has 18 heavy (non-hydrogen) atoms. The molecule has 0 bridgehead atoms. The normalized spacial score (nSPS) is 22.0. The largest absolute Gasteiger partial charge is 0.361 e. The highest BCUT2D eigenvalue weighted by atomic mass is 32.2. The van der Waals surface area contributed by atoms with Crippen LogP contribution in [0.25, 0.3) is 0 Å². The topological polar surface area (TPSA) is 89.3 Å². The van der Waals surface area contributed by atoms with Crippen molar-refractivity contribution in [3.05, 3.63) is 17.0 Å². The Bertz CT molecular complexity index is 542. The van der Waals surface area contributed by atoms with E-state index in [4.69, 9.17) is 4.52 Å². The van der Waals surface area contributed by atoms with Crippen molar-refractivity contribution in [2.45, 2.75) is 26.8 Å². The molecule has 2 heterocycles. The minimum atomic E-state index is -3.02. The second-order valence-corrected chi connectivity index (χ2v) is 6.85. The van der Waals surface area contributed by atoms with E-state index in [0.29, 0.717) is 18.7 Å². The monoisotopic (exact) mass is 272 g/mol. The summed E-state index contributed by atoms with van der Waals surface area (Å²) in [5, 5.41) is 6.54. The zero-order valence-corrected chi connectivity index (χ0v) is 11.2. The molecule has 1 amide bonds. The third kappa shape index (κ3) is 2.72. The van der Waals surface area contributed by atoms with Crippen LogP contribution in [0.2, 0.25) is 0 Å². The maximum absolute atomic E-state index is 11.8. The summed E-state index contributed by atoms with van der Waals surface area (Å²) in [5.41, 5.74) is 1.59. The number of carbonyl (C=O) groups excluding carboxylic acids is 1. The molecular formula is C11H16N2O4S. The molecule has 7 heteroatoms. The van der Waals surface area contributed by atoms with Crippen LogP contribution in [0.15, 0.2) is 4.52 Å². The van der Waals surface area contributed by atoms with E-state index in [1.165, 1.54) is 0 Å². The number of nitrogens with zero attached hydrogens (tertiary/aromatic N) is 1. The number of carbonyl (C=O) groups is 1.